The number of amides is 1. The van der Waals surface area contributed by atoms with E-state index in [-0.39, 0.29) is 11.9 Å². The van der Waals surface area contributed by atoms with E-state index in [2.05, 4.69) is 10.6 Å². The van der Waals surface area contributed by atoms with Crippen LogP contribution in [0.4, 0.5) is 0 Å². The molecule has 0 spiro atoms. The molecule has 0 aromatic heterocycles. The molecular weight excluding hydrogens is 196 g/mol. The first-order valence-corrected chi connectivity index (χ1v) is 5.50. The number of carbonyl (C=O) groups is 1. The molecule has 1 heterocycles. The van der Waals surface area contributed by atoms with Gasteiger partial charge in [-0.05, 0) is 6.42 Å². The summed E-state index contributed by atoms with van der Waals surface area (Å²) in [6, 6.07) is -0.0241. The maximum absolute atomic E-state index is 11.2. The van der Waals surface area contributed by atoms with Gasteiger partial charge in [0, 0.05) is 19.5 Å². The Balaban J connectivity index is 2.02. The predicted molar refractivity (Wildman–Crippen MR) is 56.5 cm³/mol. The van der Waals surface area contributed by atoms with E-state index in [0.717, 1.165) is 13.0 Å². The lowest BCUT2D eigenvalue weighted by molar-refractivity contribution is -0.121. The van der Waals surface area contributed by atoms with Crippen molar-refractivity contribution in [3.05, 3.63) is 0 Å². The third-order valence-corrected chi connectivity index (χ3v) is 2.38. The normalized spacial score (nSPS) is 25.5. The molecule has 15 heavy (non-hydrogen) atoms. The highest BCUT2D eigenvalue weighted by molar-refractivity contribution is 5.75. The Hall–Kier alpha value is -0.650. The Morgan fingerprint density at radius 1 is 1.47 bits per heavy atom. The zero-order valence-corrected chi connectivity index (χ0v) is 9.16. The highest BCUT2D eigenvalue weighted by atomic mass is 16.5. The van der Waals surface area contributed by atoms with Crippen LogP contribution in [0.5, 0.6) is 0 Å². The van der Waals surface area contributed by atoms with Crippen LogP contribution in [0.25, 0.3) is 0 Å². The molecule has 2 atom stereocenters. The zero-order chi connectivity index (χ0) is 11.1. The second-order valence-corrected chi connectivity index (χ2v) is 3.77. The Labute approximate surface area is 90.2 Å². The van der Waals surface area contributed by atoms with Crippen molar-refractivity contribution in [1.29, 1.82) is 0 Å². The van der Waals surface area contributed by atoms with Gasteiger partial charge >= 0.3 is 0 Å². The lowest BCUT2D eigenvalue weighted by atomic mass is 10.2. The van der Waals surface area contributed by atoms with Crippen LogP contribution >= 0.6 is 0 Å². The Kier molecular flexibility index (Phi) is 5.60. The number of hydrogen-bond donors (Lipinski definition) is 3. The highest BCUT2D eigenvalue weighted by Crippen LogP contribution is 2.04. The summed E-state index contributed by atoms with van der Waals surface area (Å²) in [5.41, 5.74) is 0. The molecule has 1 saturated heterocycles. The van der Waals surface area contributed by atoms with E-state index in [9.17, 15) is 9.90 Å². The lowest BCUT2D eigenvalue weighted by Gasteiger charge is -2.13. The van der Waals surface area contributed by atoms with Crippen LogP contribution in [-0.4, -0.2) is 49.5 Å². The minimum atomic E-state index is -0.441. The minimum Gasteiger partial charge on any atom is -0.389 e. The van der Waals surface area contributed by atoms with E-state index in [1.54, 1.807) is 0 Å². The molecule has 0 saturated carbocycles. The fraction of sp³-hybridized carbons (Fsp3) is 0.900. The maximum atomic E-state index is 11.2. The van der Waals surface area contributed by atoms with Gasteiger partial charge in [0.2, 0.25) is 5.91 Å². The summed E-state index contributed by atoms with van der Waals surface area (Å²) >= 11 is 0. The van der Waals surface area contributed by atoms with Gasteiger partial charge in [0.15, 0.2) is 0 Å². The van der Waals surface area contributed by atoms with Crippen LogP contribution in [0.3, 0.4) is 0 Å². The Morgan fingerprint density at radius 3 is 2.87 bits per heavy atom. The molecule has 5 nitrogen and oxygen atoms in total. The average Bonchev–Trinajstić information content (AvgIpc) is 2.61. The van der Waals surface area contributed by atoms with Gasteiger partial charge in [-0.1, -0.05) is 6.92 Å². The van der Waals surface area contributed by atoms with Crippen LogP contribution in [0.2, 0.25) is 0 Å². The van der Waals surface area contributed by atoms with Crippen molar-refractivity contribution in [3.8, 4) is 0 Å². The van der Waals surface area contributed by atoms with Gasteiger partial charge in [-0.3, -0.25) is 4.79 Å². The van der Waals surface area contributed by atoms with Crippen molar-refractivity contribution in [3.63, 3.8) is 0 Å². The summed E-state index contributed by atoms with van der Waals surface area (Å²) in [5, 5.41) is 15.3. The topological polar surface area (TPSA) is 70.6 Å². The number of nitrogens with one attached hydrogen (secondary N) is 2. The quantitative estimate of drug-likeness (QED) is 0.546. The van der Waals surface area contributed by atoms with Gasteiger partial charge in [-0.25, -0.2) is 0 Å². The molecule has 1 fully saturated rings. The second-order valence-electron chi connectivity index (χ2n) is 3.77. The van der Waals surface area contributed by atoms with E-state index in [4.69, 9.17) is 4.74 Å². The van der Waals surface area contributed by atoms with Crippen LogP contribution < -0.4 is 10.6 Å². The highest BCUT2D eigenvalue weighted by Gasteiger charge is 2.25. The van der Waals surface area contributed by atoms with Gasteiger partial charge in [0.05, 0.1) is 25.4 Å². The summed E-state index contributed by atoms with van der Waals surface area (Å²) in [6.45, 7) is 4.25. The van der Waals surface area contributed by atoms with Crippen molar-refractivity contribution in [2.75, 3.05) is 26.3 Å². The summed E-state index contributed by atoms with van der Waals surface area (Å²) in [7, 11) is 0. The molecule has 1 rings (SSSR count). The fourth-order valence-corrected chi connectivity index (χ4v) is 1.46. The molecule has 0 radical (unpaired) electrons. The molecule has 0 aliphatic carbocycles. The van der Waals surface area contributed by atoms with Crippen LogP contribution in [0, 0.1) is 0 Å². The zero-order valence-electron chi connectivity index (χ0n) is 9.16. The van der Waals surface area contributed by atoms with Gasteiger partial charge in [-0.15, -0.1) is 0 Å². The monoisotopic (exact) mass is 216 g/mol. The minimum absolute atomic E-state index is 0.0241. The summed E-state index contributed by atoms with van der Waals surface area (Å²) in [4.78, 5) is 11.2. The predicted octanol–water partition coefficient (Wildman–Crippen LogP) is -0.748. The third kappa shape index (κ3) is 4.59. The van der Waals surface area contributed by atoms with E-state index in [1.165, 1.54) is 0 Å². The molecule has 1 amide bonds. The summed E-state index contributed by atoms with van der Waals surface area (Å²) < 4.78 is 5.08. The van der Waals surface area contributed by atoms with Crippen molar-refractivity contribution in [2.24, 2.45) is 0 Å². The molecular formula is C10H20N2O3. The number of rotatable bonds is 6. The lowest BCUT2D eigenvalue weighted by Crippen LogP contribution is -2.40. The van der Waals surface area contributed by atoms with Crippen LogP contribution in [0.1, 0.15) is 19.8 Å². The fourth-order valence-electron chi connectivity index (χ4n) is 1.46. The summed E-state index contributed by atoms with van der Waals surface area (Å²) in [5.74, 6) is 0.0535. The van der Waals surface area contributed by atoms with Crippen LogP contribution in [-0.2, 0) is 9.53 Å². The first kappa shape index (κ1) is 12.4. The first-order valence-electron chi connectivity index (χ1n) is 5.50. The second kappa shape index (κ2) is 6.76. The number of carbonyl (C=O) groups excluding carboxylic acids is 1. The van der Waals surface area contributed by atoms with Gasteiger partial charge in [0.1, 0.15) is 0 Å². The molecule has 1 aliphatic rings. The van der Waals surface area contributed by atoms with E-state index < -0.39 is 6.10 Å². The molecule has 3 N–H and O–H groups in total. The van der Waals surface area contributed by atoms with Crippen molar-refractivity contribution in [2.45, 2.75) is 31.9 Å². The number of ether oxygens (including phenoxy) is 1. The molecule has 1 aliphatic heterocycles. The standard InChI is InChI=1S/C10H20N2O3/c1-2-4-12-10(14)3-5-11-8-6-15-7-9(8)13/h8-9,11,13H,2-7H2,1H3,(H,12,14). The molecule has 0 bridgehead atoms. The van der Waals surface area contributed by atoms with Gasteiger partial charge in [-0.2, -0.15) is 0 Å². The third-order valence-electron chi connectivity index (χ3n) is 2.38. The number of aliphatic hydroxyl groups excluding tert-OH is 1. The van der Waals surface area contributed by atoms with E-state index >= 15 is 0 Å². The number of hydrogen-bond acceptors (Lipinski definition) is 4. The molecule has 88 valence electrons. The smallest absolute Gasteiger partial charge is 0.221 e. The molecule has 0 aromatic carbocycles. The summed E-state index contributed by atoms with van der Waals surface area (Å²) in [6.07, 6.45) is 0.959. The molecule has 5 heteroatoms. The van der Waals surface area contributed by atoms with Gasteiger partial charge < -0.3 is 20.5 Å². The maximum Gasteiger partial charge on any atom is 0.221 e. The number of aliphatic hydroxyl groups is 1. The van der Waals surface area contributed by atoms with E-state index in [1.807, 2.05) is 6.92 Å². The Morgan fingerprint density at radius 2 is 2.27 bits per heavy atom. The van der Waals surface area contributed by atoms with Crippen molar-refractivity contribution < 1.29 is 14.6 Å². The largest absolute Gasteiger partial charge is 0.389 e. The van der Waals surface area contributed by atoms with E-state index in [0.29, 0.717) is 26.2 Å². The van der Waals surface area contributed by atoms with Crippen molar-refractivity contribution >= 4 is 5.91 Å². The average molecular weight is 216 g/mol. The van der Waals surface area contributed by atoms with Gasteiger partial charge in [0.25, 0.3) is 0 Å². The Bertz CT molecular complexity index is 199. The SMILES string of the molecule is CCCNC(=O)CCNC1COCC1O. The first-order chi connectivity index (χ1) is 7.24. The van der Waals surface area contributed by atoms with Crippen LogP contribution in [0.15, 0.2) is 0 Å². The van der Waals surface area contributed by atoms with Crippen molar-refractivity contribution in [1.82, 2.24) is 10.6 Å². The molecule has 0 aromatic rings. The molecule has 2 unspecified atom stereocenters.